The molecule has 0 aliphatic carbocycles. The van der Waals surface area contributed by atoms with Gasteiger partial charge >= 0.3 is 0 Å². The average molecular weight is 309 g/mol. The number of carbonyl (C=O) groups is 1. The van der Waals surface area contributed by atoms with Gasteiger partial charge in [0.25, 0.3) is 11.5 Å². The number of pyridine rings is 2. The first-order valence-electron chi connectivity index (χ1n) is 7.05. The molecule has 3 rings (SSSR count). The Labute approximate surface area is 132 Å². The Hall–Kier alpha value is -3.15. The number of rotatable bonds is 4. The molecule has 0 saturated heterocycles. The molecule has 0 fully saturated rings. The molecule has 1 amide bonds. The number of hydrogen-bond acceptors (Lipinski definition) is 4. The summed E-state index contributed by atoms with van der Waals surface area (Å²) in [5.74, 6) is -0.403. The Kier molecular flexibility index (Phi) is 4.05. The summed E-state index contributed by atoms with van der Waals surface area (Å²) in [5, 5.41) is 2.74. The number of nitrogens with zero attached hydrogens (tertiary/aromatic N) is 2. The van der Waals surface area contributed by atoms with Crippen molar-refractivity contribution in [2.24, 2.45) is 7.05 Å². The molecule has 0 radical (unpaired) electrons. The highest BCUT2D eigenvalue weighted by Crippen LogP contribution is 2.19. The minimum Gasteiger partial charge on any atom is -0.472 e. The molecule has 6 nitrogen and oxygen atoms in total. The van der Waals surface area contributed by atoms with Gasteiger partial charge in [0.1, 0.15) is 5.56 Å². The number of hydrogen-bond donors (Lipinski definition) is 1. The van der Waals surface area contributed by atoms with Crippen molar-refractivity contribution in [3.05, 3.63) is 76.9 Å². The number of amides is 1. The zero-order valence-electron chi connectivity index (χ0n) is 12.5. The van der Waals surface area contributed by atoms with Crippen LogP contribution in [0.3, 0.4) is 0 Å². The number of aromatic nitrogens is 2. The van der Waals surface area contributed by atoms with Crippen molar-refractivity contribution in [1.82, 2.24) is 14.9 Å². The molecule has 23 heavy (non-hydrogen) atoms. The van der Waals surface area contributed by atoms with E-state index in [2.05, 4.69) is 10.3 Å². The van der Waals surface area contributed by atoms with E-state index < -0.39 is 5.91 Å². The molecule has 3 heterocycles. The summed E-state index contributed by atoms with van der Waals surface area (Å²) in [6.45, 7) is 0.287. The number of nitrogens with one attached hydrogen (secondary N) is 1. The lowest BCUT2D eigenvalue weighted by atomic mass is 10.1. The summed E-state index contributed by atoms with van der Waals surface area (Å²) in [7, 11) is 1.61. The minimum atomic E-state index is -0.403. The predicted molar refractivity (Wildman–Crippen MR) is 84.8 cm³/mol. The van der Waals surface area contributed by atoms with Gasteiger partial charge in [0.05, 0.1) is 12.5 Å². The normalized spacial score (nSPS) is 10.5. The molecular formula is C17H15N3O3. The summed E-state index contributed by atoms with van der Waals surface area (Å²) >= 11 is 0. The summed E-state index contributed by atoms with van der Waals surface area (Å²) < 4.78 is 6.43. The van der Waals surface area contributed by atoms with E-state index in [4.69, 9.17) is 4.42 Å². The topological polar surface area (TPSA) is 77.1 Å². The van der Waals surface area contributed by atoms with E-state index in [1.54, 1.807) is 44.2 Å². The van der Waals surface area contributed by atoms with Gasteiger partial charge in [0, 0.05) is 43.3 Å². The van der Waals surface area contributed by atoms with Crippen molar-refractivity contribution in [3.63, 3.8) is 0 Å². The average Bonchev–Trinajstić information content (AvgIpc) is 3.10. The van der Waals surface area contributed by atoms with Crippen LogP contribution in [-0.4, -0.2) is 15.5 Å². The van der Waals surface area contributed by atoms with Crippen LogP contribution in [0.15, 0.2) is 64.6 Å². The van der Waals surface area contributed by atoms with E-state index in [0.29, 0.717) is 0 Å². The van der Waals surface area contributed by atoms with Crippen LogP contribution < -0.4 is 10.9 Å². The van der Waals surface area contributed by atoms with E-state index in [0.717, 1.165) is 16.7 Å². The van der Waals surface area contributed by atoms with Crippen LogP contribution in [-0.2, 0) is 13.6 Å². The third kappa shape index (κ3) is 3.21. The lowest BCUT2D eigenvalue weighted by Crippen LogP contribution is -2.31. The predicted octanol–water partition coefficient (Wildman–Crippen LogP) is 1.97. The first-order valence-corrected chi connectivity index (χ1v) is 7.05. The van der Waals surface area contributed by atoms with Crippen LogP contribution >= 0.6 is 0 Å². The van der Waals surface area contributed by atoms with E-state index in [9.17, 15) is 9.59 Å². The molecule has 0 saturated carbocycles. The number of furan rings is 1. The molecule has 0 unspecified atom stereocenters. The molecule has 0 aliphatic heterocycles. The lowest BCUT2D eigenvalue weighted by molar-refractivity contribution is 0.0949. The van der Waals surface area contributed by atoms with Gasteiger partial charge in [0.2, 0.25) is 0 Å². The highest BCUT2D eigenvalue weighted by Gasteiger charge is 2.11. The molecule has 6 heteroatoms. The van der Waals surface area contributed by atoms with Crippen LogP contribution in [0.5, 0.6) is 0 Å². The molecule has 1 N–H and O–H groups in total. The molecule has 116 valence electrons. The number of aryl methyl sites for hydroxylation is 1. The van der Waals surface area contributed by atoms with Gasteiger partial charge in [-0.05, 0) is 29.8 Å². The quantitative estimate of drug-likeness (QED) is 0.799. The van der Waals surface area contributed by atoms with Crippen LogP contribution in [0.25, 0.3) is 11.1 Å². The van der Waals surface area contributed by atoms with E-state index in [1.165, 1.54) is 10.6 Å². The second-order valence-electron chi connectivity index (χ2n) is 5.11. The maximum atomic E-state index is 12.1. The van der Waals surface area contributed by atoms with Crippen molar-refractivity contribution >= 4 is 5.91 Å². The second kappa shape index (κ2) is 6.31. The largest absolute Gasteiger partial charge is 0.472 e. The van der Waals surface area contributed by atoms with Crippen molar-refractivity contribution in [1.29, 1.82) is 0 Å². The fourth-order valence-corrected chi connectivity index (χ4v) is 2.22. The first kappa shape index (κ1) is 14.8. The molecule has 0 spiro atoms. The Balaban J connectivity index is 1.73. The second-order valence-corrected chi connectivity index (χ2v) is 5.11. The van der Waals surface area contributed by atoms with Crippen LogP contribution in [0.2, 0.25) is 0 Å². The van der Waals surface area contributed by atoms with Gasteiger partial charge in [0.15, 0.2) is 0 Å². The van der Waals surface area contributed by atoms with Gasteiger partial charge in [-0.25, -0.2) is 0 Å². The molecule has 0 aliphatic rings. The SMILES string of the molecule is Cn1cccc(C(=O)NCc2cncc(-c3ccoc3)c2)c1=O. The van der Waals surface area contributed by atoms with Crippen LogP contribution in [0.4, 0.5) is 0 Å². The van der Waals surface area contributed by atoms with Gasteiger partial charge in [-0.1, -0.05) is 0 Å². The Morgan fingerprint density at radius 2 is 2.17 bits per heavy atom. The molecule has 3 aromatic heterocycles. The lowest BCUT2D eigenvalue weighted by Gasteiger charge is -2.07. The van der Waals surface area contributed by atoms with Gasteiger partial charge in [-0.3, -0.25) is 14.6 Å². The Bertz CT molecular complexity index is 882. The summed E-state index contributed by atoms with van der Waals surface area (Å²) in [5.41, 5.74) is 2.46. The Morgan fingerprint density at radius 1 is 1.30 bits per heavy atom. The highest BCUT2D eigenvalue weighted by atomic mass is 16.3. The van der Waals surface area contributed by atoms with Gasteiger partial charge in [-0.15, -0.1) is 0 Å². The van der Waals surface area contributed by atoms with Crippen molar-refractivity contribution < 1.29 is 9.21 Å². The zero-order chi connectivity index (χ0) is 16.2. The number of carbonyl (C=O) groups excluding carboxylic acids is 1. The fraction of sp³-hybridized carbons (Fsp3) is 0.118. The van der Waals surface area contributed by atoms with E-state index in [1.807, 2.05) is 12.1 Å². The van der Waals surface area contributed by atoms with Gasteiger partial charge < -0.3 is 14.3 Å². The van der Waals surface area contributed by atoms with Crippen molar-refractivity contribution in [2.75, 3.05) is 0 Å². The third-order valence-electron chi connectivity index (χ3n) is 3.47. The third-order valence-corrected chi connectivity index (χ3v) is 3.47. The zero-order valence-corrected chi connectivity index (χ0v) is 12.5. The first-order chi connectivity index (χ1) is 11.1. The summed E-state index contributed by atoms with van der Waals surface area (Å²) in [6.07, 6.45) is 8.23. The van der Waals surface area contributed by atoms with Crippen LogP contribution in [0.1, 0.15) is 15.9 Å². The molecule has 0 bridgehead atoms. The molecule has 3 aromatic rings. The van der Waals surface area contributed by atoms with E-state index in [-0.39, 0.29) is 17.7 Å². The smallest absolute Gasteiger partial charge is 0.263 e. The molecule has 0 aromatic carbocycles. The summed E-state index contributed by atoms with van der Waals surface area (Å²) in [6, 6.07) is 6.93. The standard InChI is InChI=1S/C17H15N3O3/c1-20-5-2-3-15(17(20)22)16(21)19-9-12-7-14(10-18-8-12)13-4-6-23-11-13/h2-8,10-11H,9H2,1H3,(H,19,21). The monoisotopic (exact) mass is 309 g/mol. The highest BCUT2D eigenvalue weighted by molar-refractivity contribution is 5.93. The maximum absolute atomic E-state index is 12.1. The summed E-state index contributed by atoms with van der Waals surface area (Å²) in [4.78, 5) is 28.2. The van der Waals surface area contributed by atoms with E-state index >= 15 is 0 Å². The van der Waals surface area contributed by atoms with Crippen molar-refractivity contribution in [3.8, 4) is 11.1 Å². The minimum absolute atomic E-state index is 0.119. The maximum Gasteiger partial charge on any atom is 0.263 e. The van der Waals surface area contributed by atoms with Gasteiger partial charge in [-0.2, -0.15) is 0 Å². The fourth-order valence-electron chi connectivity index (χ4n) is 2.22. The molecular weight excluding hydrogens is 294 g/mol. The molecule has 0 atom stereocenters. The van der Waals surface area contributed by atoms with Crippen molar-refractivity contribution in [2.45, 2.75) is 6.54 Å². The van der Waals surface area contributed by atoms with Crippen LogP contribution in [0, 0.1) is 0 Å². The Morgan fingerprint density at radius 3 is 2.96 bits per heavy atom.